The van der Waals surface area contributed by atoms with Gasteiger partial charge in [-0.25, -0.2) is 4.39 Å². The van der Waals surface area contributed by atoms with E-state index < -0.39 is 18.3 Å². The van der Waals surface area contributed by atoms with Crippen LogP contribution in [0.25, 0.3) is 0 Å². The van der Waals surface area contributed by atoms with Gasteiger partial charge in [0, 0.05) is 0 Å². The Kier molecular flexibility index (Phi) is 6.17. The molecule has 8 heteroatoms. The van der Waals surface area contributed by atoms with Crippen molar-refractivity contribution in [3.63, 3.8) is 0 Å². The second-order valence-corrected chi connectivity index (χ2v) is 2.99. The average molecular weight is 266 g/mol. The number of rotatable bonds is 2. The van der Waals surface area contributed by atoms with Crippen LogP contribution in [0.5, 0.6) is 5.75 Å². The molecule has 0 aliphatic heterocycles. The van der Waals surface area contributed by atoms with E-state index in [9.17, 15) is 17.3 Å². The predicted molar refractivity (Wildman–Crippen MR) is 46.7 cm³/mol. The maximum absolute atomic E-state index is 12.8. The zero-order valence-corrected chi connectivity index (χ0v) is 11.9. The molecule has 0 atom stereocenters. The molecule has 0 N–H and O–H groups in total. The van der Waals surface area contributed by atoms with Gasteiger partial charge in [-0.15, -0.1) is 0 Å². The molecule has 0 unspecified atom stereocenters. The number of benzene rings is 1. The van der Waals surface area contributed by atoms with Crippen LogP contribution in [0, 0.1) is 5.82 Å². The number of halogens is 5. The van der Waals surface area contributed by atoms with Gasteiger partial charge in [-0.1, -0.05) is 17.1 Å². The monoisotopic (exact) mass is 266 g/mol. The number of methoxy groups -OCH3 is 1. The Morgan fingerprint density at radius 3 is 2.20 bits per heavy atom. The average Bonchev–Trinajstić information content (AvgIpc) is 2.02. The van der Waals surface area contributed by atoms with Crippen LogP contribution in [0.4, 0.5) is 17.3 Å². The maximum atomic E-state index is 12.8. The topological polar surface area (TPSA) is 9.23 Å². The largest absolute Gasteiger partial charge is 1.00 e. The second-order valence-electron chi connectivity index (χ2n) is 2.58. The summed E-state index contributed by atoms with van der Waals surface area (Å²) in [4.78, 5) is 0. The van der Waals surface area contributed by atoms with E-state index in [1.54, 1.807) is 0 Å². The molecular formula is C7H5BClF4KO. The molecule has 0 aliphatic carbocycles. The first-order valence-corrected chi connectivity index (χ1v) is 3.97. The van der Waals surface area contributed by atoms with Gasteiger partial charge in [-0.05, 0) is 12.1 Å². The van der Waals surface area contributed by atoms with Gasteiger partial charge in [0.1, 0.15) is 5.75 Å². The standard InChI is InChI=1S/C7H5BClF4O.K/c1-14-7-2-4(8(11,12)13)6(10)3-5(7)9;/h2-3H,1H3;/q-1;+1. The van der Waals surface area contributed by atoms with Crippen LogP contribution >= 0.6 is 11.6 Å². The van der Waals surface area contributed by atoms with Crippen LogP contribution in [0.1, 0.15) is 0 Å². The van der Waals surface area contributed by atoms with E-state index in [1.807, 2.05) is 0 Å². The Balaban J connectivity index is 0.00000196. The molecule has 1 nitrogen and oxygen atoms in total. The fourth-order valence-corrected chi connectivity index (χ4v) is 1.18. The Labute approximate surface area is 132 Å². The van der Waals surface area contributed by atoms with Crippen molar-refractivity contribution in [1.29, 1.82) is 0 Å². The van der Waals surface area contributed by atoms with Crippen molar-refractivity contribution >= 4 is 24.0 Å². The fourth-order valence-electron chi connectivity index (χ4n) is 0.952. The summed E-state index contributed by atoms with van der Waals surface area (Å²) in [5.41, 5.74) is -1.33. The molecule has 0 aromatic heterocycles. The molecule has 0 bridgehead atoms. The first kappa shape index (κ1) is 15.7. The predicted octanol–water partition coefficient (Wildman–Crippen LogP) is -0.454. The molecule has 0 aliphatic rings. The van der Waals surface area contributed by atoms with Gasteiger partial charge in [-0.3, -0.25) is 0 Å². The number of hydrogen-bond donors (Lipinski definition) is 0. The minimum atomic E-state index is -5.38. The Hall–Kier alpha value is 0.731. The van der Waals surface area contributed by atoms with E-state index in [0.717, 1.165) is 7.11 Å². The van der Waals surface area contributed by atoms with Gasteiger partial charge < -0.3 is 17.7 Å². The van der Waals surface area contributed by atoms with Gasteiger partial charge in [0.25, 0.3) is 0 Å². The SMILES string of the molecule is COc1cc([B-](F)(F)F)c(F)cc1Cl.[K+]. The molecule has 78 valence electrons. The second kappa shape index (κ2) is 5.88. The Morgan fingerprint density at radius 2 is 1.80 bits per heavy atom. The third-order valence-electron chi connectivity index (χ3n) is 1.62. The summed E-state index contributed by atoms with van der Waals surface area (Å²) in [5, 5.41) is -0.186. The van der Waals surface area contributed by atoms with Crippen LogP contribution in [-0.4, -0.2) is 14.1 Å². The van der Waals surface area contributed by atoms with Gasteiger partial charge in [-0.2, -0.15) is 0 Å². The van der Waals surface area contributed by atoms with Gasteiger partial charge >= 0.3 is 58.4 Å². The van der Waals surface area contributed by atoms with Crippen LogP contribution in [0.2, 0.25) is 5.02 Å². The maximum Gasteiger partial charge on any atom is 1.00 e. The van der Waals surface area contributed by atoms with Gasteiger partial charge in [0.05, 0.1) is 17.9 Å². The fraction of sp³-hybridized carbons (Fsp3) is 0.143. The van der Waals surface area contributed by atoms with E-state index in [1.165, 1.54) is 0 Å². The van der Waals surface area contributed by atoms with Crippen LogP contribution < -0.4 is 61.6 Å². The molecule has 0 fully saturated rings. The molecule has 1 aromatic rings. The van der Waals surface area contributed by atoms with Crippen LogP contribution in [0.15, 0.2) is 12.1 Å². The van der Waals surface area contributed by atoms with Gasteiger partial charge in [0.15, 0.2) is 0 Å². The Morgan fingerprint density at radius 1 is 1.27 bits per heavy atom. The summed E-state index contributed by atoms with van der Waals surface area (Å²) in [6.45, 7) is -5.38. The van der Waals surface area contributed by atoms with E-state index in [0.29, 0.717) is 12.1 Å². The molecule has 0 radical (unpaired) electrons. The van der Waals surface area contributed by atoms with Crippen molar-refractivity contribution < 1.29 is 73.5 Å². The van der Waals surface area contributed by atoms with Gasteiger partial charge in [0.2, 0.25) is 0 Å². The third-order valence-corrected chi connectivity index (χ3v) is 1.92. The summed E-state index contributed by atoms with van der Waals surface area (Å²) in [6.07, 6.45) is 0. The van der Waals surface area contributed by atoms with E-state index in [2.05, 4.69) is 4.74 Å². The first-order valence-electron chi connectivity index (χ1n) is 3.59. The van der Waals surface area contributed by atoms with Crippen LogP contribution in [0.3, 0.4) is 0 Å². The number of ether oxygens (including phenoxy) is 1. The third kappa shape index (κ3) is 3.90. The summed E-state index contributed by atoms with van der Waals surface area (Å²) in [6, 6.07) is 1.14. The normalized spacial score (nSPS) is 10.8. The van der Waals surface area contributed by atoms with E-state index in [4.69, 9.17) is 11.6 Å². The molecular weight excluding hydrogens is 261 g/mol. The minimum Gasteiger partial charge on any atom is -0.495 e. The van der Waals surface area contributed by atoms with Crippen molar-refractivity contribution in [2.75, 3.05) is 7.11 Å². The molecule has 0 heterocycles. The summed E-state index contributed by atoms with van der Waals surface area (Å²) in [5.74, 6) is -1.58. The smallest absolute Gasteiger partial charge is 0.495 e. The van der Waals surface area contributed by atoms with Crippen molar-refractivity contribution in [3.05, 3.63) is 23.0 Å². The van der Waals surface area contributed by atoms with Crippen molar-refractivity contribution in [2.24, 2.45) is 0 Å². The minimum absolute atomic E-state index is 0. The molecule has 0 amide bonds. The van der Waals surface area contributed by atoms with Crippen molar-refractivity contribution in [2.45, 2.75) is 0 Å². The quantitative estimate of drug-likeness (QED) is 0.520. The summed E-state index contributed by atoms with van der Waals surface area (Å²) < 4.78 is 54.0. The summed E-state index contributed by atoms with van der Waals surface area (Å²) in [7, 11) is 1.16. The van der Waals surface area contributed by atoms with E-state index in [-0.39, 0.29) is 62.2 Å². The zero-order chi connectivity index (χ0) is 10.9. The van der Waals surface area contributed by atoms with E-state index >= 15 is 0 Å². The molecule has 0 saturated heterocycles. The van der Waals surface area contributed by atoms with Crippen molar-refractivity contribution in [1.82, 2.24) is 0 Å². The summed E-state index contributed by atoms with van der Waals surface area (Å²) >= 11 is 5.43. The number of hydrogen-bond acceptors (Lipinski definition) is 1. The van der Waals surface area contributed by atoms with Crippen LogP contribution in [-0.2, 0) is 0 Å². The molecule has 15 heavy (non-hydrogen) atoms. The molecule has 1 aromatic carbocycles. The first-order chi connectivity index (χ1) is 6.36. The zero-order valence-electron chi connectivity index (χ0n) is 8.03. The Bertz CT molecular complexity index is 358. The molecule has 0 saturated carbocycles. The van der Waals surface area contributed by atoms with Crippen molar-refractivity contribution in [3.8, 4) is 5.75 Å². The molecule has 0 spiro atoms. The molecule has 1 rings (SSSR count).